The number of hydrogen-bond donors (Lipinski definition) is 0. The van der Waals surface area contributed by atoms with Crippen LogP contribution in [0.3, 0.4) is 0 Å². The van der Waals surface area contributed by atoms with E-state index in [-0.39, 0.29) is 0 Å². The fourth-order valence-electron chi connectivity index (χ4n) is 1.28. The summed E-state index contributed by atoms with van der Waals surface area (Å²) >= 11 is 5.85. The first-order valence-electron chi connectivity index (χ1n) is 3.64. The van der Waals surface area contributed by atoms with E-state index in [0.29, 0.717) is 12.3 Å². The van der Waals surface area contributed by atoms with Gasteiger partial charge in [0, 0.05) is 11.5 Å². The lowest BCUT2D eigenvalue weighted by atomic mass is 9.94. The van der Waals surface area contributed by atoms with Crippen LogP contribution in [-0.2, 0) is 0 Å². The molecule has 1 aliphatic carbocycles. The molecule has 0 amide bonds. The average Bonchev–Trinajstić information content (AvgIpc) is 1.85. The molecule has 0 saturated heterocycles. The molecule has 11 heavy (non-hydrogen) atoms. The Hall–Kier alpha value is -0.740. The second-order valence-corrected chi connectivity index (χ2v) is 3.31. The van der Waals surface area contributed by atoms with Crippen molar-refractivity contribution in [2.24, 2.45) is 5.92 Å². The summed E-state index contributed by atoms with van der Waals surface area (Å²) in [5.41, 5.74) is 1.17. The Bertz CT molecular complexity index is 245. The van der Waals surface area contributed by atoms with Gasteiger partial charge in [0.05, 0.1) is 6.07 Å². The molecule has 1 rings (SSSR count). The fourth-order valence-corrected chi connectivity index (χ4v) is 1.65. The highest BCUT2D eigenvalue weighted by molar-refractivity contribution is 6.29. The van der Waals surface area contributed by atoms with Crippen LogP contribution in [-0.4, -0.2) is 0 Å². The molecule has 1 atom stereocenters. The van der Waals surface area contributed by atoms with E-state index in [2.05, 4.69) is 12.1 Å². The van der Waals surface area contributed by atoms with E-state index in [4.69, 9.17) is 16.9 Å². The number of allylic oxidation sites excluding steroid dienone is 4. The smallest absolute Gasteiger partial charge is 0.0628 e. The molecular formula is C9H10ClN. The molecule has 2 heteroatoms. The van der Waals surface area contributed by atoms with E-state index in [1.54, 1.807) is 0 Å². The minimum absolute atomic E-state index is 0.331. The Balaban J connectivity index is 2.65. The number of nitriles is 1. The largest absolute Gasteiger partial charge is 0.198 e. The quantitative estimate of drug-likeness (QED) is 0.589. The molecule has 0 aromatic heterocycles. The van der Waals surface area contributed by atoms with E-state index in [0.717, 1.165) is 11.5 Å². The zero-order chi connectivity index (χ0) is 8.27. The van der Waals surface area contributed by atoms with Gasteiger partial charge in [-0.15, -0.1) is 0 Å². The first-order chi connectivity index (χ1) is 5.22. The van der Waals surface area contributed by atoms with Gasteiger partial charge < -0.3 is 0 Å². The third kappa shape index (κ3) is 2.40. The summed E-state index contributed by atoms with van der Waals surface area (Å²) in [6.07, 6.45) is 5.46. The molecule has 0 aromatic carbocycles. The van der Waals surface area contributed by atoms with Gasteiger partial charge >= 0.3 is 0 Å². The first-order valence-corrected chi connectivity index (χ1v) is 4.01. The summed E-state index contributed by atoms with van der Waals surface area (Å²) in [5, 5.41) is 9.32. The van der Waals surface area contributed by atoms with Gasteiger partial charge in [-0.3, -0.25) is 0 Å². The van der Waals surface area contributed by atoms with Crippen molar-refractivity contribution < 1.29 is 0 Å². The second-order valence-electron chi connectivity index (χ2n) is 2.83. The Labute approximate surface area is 72.0 Å². The Morgan fingerprint density at radius 3 is 3.09 bits per heavy atom. The molecule has 0 spiro atoms. The molecule has 0 N–H and O–H groups in total. The topological polar surface area (TPSA) is 23.8 Å². The van der Waals surface area contributed by atoms with Crippen LogP contribution in [0.1, 0.15) is 19.8 Å². The van der Waals surface area contributed by atoms with Crippen LogP contribution in [0.15, 0.2) is 22.8 Å². The van der Waals surface area contributed by atoms with Crippen molar-refractivity contribution in [1.82, 2.24) is 0 Å². The highest BCUT2D eigenvalue weighted by Crippen LogP contribution is 2.26. The third-order valence-corrected chi connectivity index (χ3v) is 1.96. The molecule has 0 heterocycles. The highest BCUT2D eigenvalue weighted by atomic mass is 35.5. The van der Waals surface area contributed by atoms with Crippen LogP contribution in [0.5, 0.6) is 0 Å². The number of rotatable bonds is 1. The van der Waals surface area contributed by atoms with Crippen molar-refractivity contribution in [1.29, 1.82) is 5.26 Å². The molecule has 0 bridgehead atoms. The van der Waals surface area contributed by atoms with Crippen molar-refractivity contribution in [3.63, 3.8) is 0 Å². The monoisotopic (exact) mass is 167 g/mol. The number of halogens is 1. The highest BCUT2D eigenvalue weighted by Gasteiger charge is 2.11. The second kappa shape index (κ2) is 3.59. The predicted octanol–water partition coefficient (Wildman–Crippen LogP) is 2.99. The zero-order valence-corrected chi connectivity index (χ0v) is 7.23. The Morgan fingerprint density at radius 1 is 1.82 bits per heavy atom. The summed E-state index contributed by atoms with van der Waals surface area (Å²) in [5.74, 6) is 0.331. The molecule has 0 aliphatic heterocycles. The third-order valence-electron chi connectivity index (χ3n) is 1.69. The fraction of sp³-hybridized carbons (Fsp3) is 0.444. The van der Waals surface area contributed by atoms with Crippen LogP contribution in [0.25, 0.3) is 0 Å². The summed E-state index contributed by atoms with van der Waals surface area (Å²) in [6, 6.07) is 2.15. The molecule has 0 radical (unpaired) electrons. The van der Waals surface area contributed by atoms with Crippen LogP contribution in [0.4, 0.5) is 0 Å². The maximum Gasteiger partial charge on any atom is 0.0628 e. The average molecular weight is 168 g/mol. The molecule has 0 saturated carbocycles. The van der Waals surface area contributed by atoms with Gasteiger partial charge in [0.2, 0.25) is 0 Å². The summed E-state index contributed by atoms with van der Waals surface area (Å²) < 4.78 is 0. The lowest BCUT2D eigenvalue weighted by Gasteiger charge is -2.13. The van der Waals surface area contributed by atoms with Gasteiger partial charge in [-0.2, -0.15) is 5.26 Å². The number of hydrogen-bond acceptors (Lipinski definition) is 1. The van der Waals surface area contributed by atoms with Gasteiger partial charge in [-0.25, -0.2) is 0 Å². The predicted molar refractivity (Wildman–Crippen MR) is 46.0 cm³/mol. The first kappa shape index (κ1) is 8.36. The number of nitrogens with zero attached hydrogens (tertiary/aromatic N) is 1. The van der Waals surface area contributed by atoms with Crippen molar-refractivity contribution in [2.75, 3.05) is 0 Å². The maximum absolute atomic E-state index is 8.45. The van der Waals surface area contributed by atoms with Gasteiger partial charge in [-0.05, 0) is 25.3 Å². The van der Waals surface area contributed by atoms with E-state index in [1.807, 2.05) is 13.0 Å². The van der Waals surface area contributed by atoms with Gasteiger partial charge in [0.25, 0.3) is 0 Å². The van der Waals surface area contributed by atoms with E-state index >= 15 is 0 Å². The Kier molecular flexibility index (Phi) is 2.73. The summed E-state index contributed by atoms with van der Waals surface area (Å²) in [4.78, 5) is 0. The summed E-state index contributed by atoms with van der Waals surface area (Å²) in [7, 11) is 0. The lowest BCUT2D eigenvalue weighted by molar-refractivity contribution is 0.663. The van der Waals surface area contributed by atoms with E-state index < -0.39 is 0 Å². The van der Waals surface area contributed by atoms with Crippen LogP contribution in [0, 0.1) is 17.2 Å². The zero-order valence-electron chi connectivity index (χ0n) is 6.47. The molecular weight excluding hydrogens is 158 g/mol. The minimum atomic E-state index is 0.331. The maximum atomic E-state index is 8.45. The minimum Gasteiger partial charge on any atom is -0.198 e. The molecule has 1 aliphatic rings. The molecule has 0 aromatic rings. The van der Waals surface area contributed by atoms with Crippen LogP contribution < -0.4 is 0 Å². The molecule has 0 fully saturated rings. The standard InChI is InChI=1S/C9H10ClN/c1-7-4-8(2-3-11)6-9(10)5-7/h4-5,8H,2,6H2,1H3. The van der Waals surface area contributed by atoms with Crippen LogP contribution in [0.2, 0.25) is 0 Å². The molecule has 1 nitrogen and oxygen atoms in total. The molecule has 1 unspecified atom stereocenters. The van der Waals surface area contributed by atoms with Gasteiger partial charge in [0.1, 0.15) is 0 Å². The van der Waals surface area contributed by atoms with Crippen LogP contribution >= 0.6 is 11.6 Å². The van der Waals surface area contributed by atoms with E-state index in [1.165, 1.54) is 5.57 Å². The van der Waals surface area contributed by atoms with Crippen molar-refractivity contribution >= 4 is 11.6 Å². The lowest BCUT2D eigenvalue weighted by Crippen LogP contribution is -2.00. The normalized spacial score (nSPS) is 23.5. The van der Waals surface area contributed by atoms with Gasteiger partial charge in [0.15, 0.2) is 0 Å². The van der Waals surface area contributed by atoms with Crippen molar-refractivity contribution in [2.45, 2.75) is 19.8 Å². The molecule has 58 valence electrons. The van der Waals surface area contributed by atoms with Crippen molar-refractivity contribution in [3.8, 4) is 6.07 Å². The summed E-state index contributed by atoms with van der Waals surface area (Å²) in [6.45, 7) is 2.01. The van der Waals surface area contributed by atoms with Gasteiger partial charge in [-0.1, -0.05) is 23.3 Å². The Morgan fingerprint density at radius 2 is 2.55 bits per heavy atom. The SMILES string of the molecule is CC1=CC(CC#N)CC(Cl)=C1. The van der Waals surface area contributed by atoms with Crippen molar-refractivity contribution in [3.05, 3.63) is 22.8 Å². The van der Waals surface area contributed by atoms with E-state index in [9.17, 15) is 0 Å².